The maximum atomic E-state index is 9.47. The standard InChI is InChI=1S/C23H29NO3/c25-15-14-24(20-6-2-1-3-7-20)16-18-10-12-19(13-11-18)23-17-26-21-8-4-5-9-22(21)27-23/h4-5,8-13,20,23,25H,1-3,6-7,14-17H2. The number of benzene rings is 2. The quantitative estimate of drug-likeness (QED) is 0.825. The fraction of sp³-hybridized carbons (Fsp3) is 0.478. The van der Waals surface area contributed by atoms with Crippen LogP contribution in [0.15, 0.2) is 48.5 Å². The lowest BCUT2D eigenvalue weighted by atomic mass is 9.93. The second-order valence-corrected chi connectivity index (χ2v) is 7.59. The zero-order chi connectivity index (χ0) is 18.5. The first-order valence-corrected chi connectivity index (χ1v) is 10.2. The van der Waals surface area contributed by atoms with Crippen molar-refractivity contribution in [2.75, 3.05) is 19.8 Å². The van der Waals surface area contributed by atoms with Gasteiger partial charge in [0, 0.05) is 19.1 Å². The Morgan fingerprint density at radius 1 is 0.926 bits per heavy atom. The topological polar surface area (TPSA) is 41.9 Å². The van der Waals surface area contributed by atoms with Crippen molar-refractivity contribution in [1.29, 1.82) is 0 Å². The average Bonchev–Trinajstić information content (AvgIpc) is 2.74. The molecule has 0 amide bonds. The number of fused-ring (bicyclic) bond motifs is 1. The number of aliphatic hydroxyl groups excluding tert-OH is 1. The highest BCUT2D eigenvalue weighted by Crippen LogP contribution is 2.36. The normalized spacial score (nSPS) is 20.0. The Hall–Kier alpha value is -2.04. The smallest absolute Gasteiger partial charge is 0.162 e. The first kappa shape index (κ1) is 18.3. The number of para-hydroxylation sites is 2. The van der Waals surface area contributed by atoms with Gasteiger partial charge in [0.15, 0.2) is 17.6 Å². The third-order valence-corrected chi connectivity index (χ3v) is 5.72. The second kappa shape index (κ2) is 8.77. The number of nitrogens with zero attached hydrogens (tertiary/aromatic N) is 1. The summed E-state index contributed by atoms with van der Waals surface area (Å²) in [5.74, 6) is 1.63. The third-order valence-electron chi connectivity index (χ3n) is 5.72. The summed E-state index contributed by atoms with van der Waals surface area (Å²) in [6.07, 6.45) is 6.42. The van der Waals surface area contributed by atoms with Crippen LogP contribution in [-0.4, -0.2) is 35.8 Å². The maximum Gasteiger partial charge on any atom is 0.162 e. The van der Waals surface area contributed by atoms with E-state index >= 15 is 0 Å². The summed E-state index contributed by atoms with van der Waals surface area (Å²) in [5.41, 5.74) is 2.43. The first-order valence-electron chi connectivity index (χ1n) is 10.2. The van der Waals surface area contributed by atoms with Crippen LogP contribution in [0.2, 0.25) is 0 Å². The monoisotopic (exact) mass is 367 g/mol. The van der Waals surface area contributed by atoms with Gasteiger partial charge < -0.3 is 14.6 Å². The highest BCUT2D eigenvalue weighted by Gasteiger charge is 2.23. The molecule has 2 aromatic rings. The molecule has 1 aliphatic carbocycles. The van der Waals surface area contributed by atoms with E-state index in [1.807, 2.05) is 24.3 Å². The molecule has 1 saturated carbocycles. The van der Waals surface area contributed by atoms with E-state index in [0.717, 1.165) is 30.2 Å². The van der Waals surface area contributed by atoms with Crippen LogP contribution in [0.4, 0.5) is 0 Å². The lowest BCUT2D eigenvalue weighted by Gasteiger charge is -2.34. The summed E-state index contributed by atoms with van der Waals surface area (Å²) in [7, 11) is 0. The molecule has 4 rings (SSSR count). The number of ether oxygens (including phenoxy) is 2. The van der Waals surface area contributed by atoms with E-state index in [2.05, 4.69) is 29.2 Å². The van der Waals surface area contributed by atoms with E-state index < -0.39 is 0 Å². The molecule has 1 N–H and O–H groups in total. The molecule has 1 fully saturated rings. The summed E-state index contributed by atoms with van der Waals surface area (Å²) in [6.45, 7) is 2.41. The van der Waals surface area contributed by atoms with Crippen LogP contribution >= 0.6 is 0 Å². The van der Waals surface area contributed by atoms with Gasteiger partial charge in [0.2, 0.25) is 0 Å². The minimum Gasteiger partial charge on any atom is -0.485 e. The zero-order valence-corrected chi connectivity index (χ0v) is 15.8. The first-order chi connectivity index (χ1) is 13.3. The van der Waals surface area contributed by atoms with Gasteiger partial charge in [0.05, 0.1) is 6.61 Å². The van der Waals surface area contributed by atoms with Crippen LogP contribution in [0.5, 0.6) is 11.5 Å². The van der Waals surface area contributed by atoms with Gasteiger partial charge in [-0.2, -0.15) is 0 Å². The molecule has 144 valence electrons. The van der Waals surface area contributed by atoms with Crippen LogP contribution in [0, 0.1) is 0 Å². The summed E-state index contributed by atoms with van der Waals surface area (Å²) in [5, 5.41) is 9.47. The lowest BCUT2D eigenvalue weighted by Crippen LogP contribution is -2.38. The molecule has 27 heavy (non-hydrogen) atoms. The predicted molar refractivity (Wildman–Crippen MR) is 106 cm³/mol. The van der Waals surface area contributed by atoms with Gasteiger partial charge in [-0.3, -0.25) is 4.90 Å². The van der Waals surface area contributed by atoms with Crippen LogP contribution in [-0.2, 0) is 6.54 Å². The van der Waals surface area contributed by atoms with Crippen molar-refractivity contribution >= 4 is 0 Å². The number of aliphatic hydroxyl groups is 1. The number of rotatable bonds is 6. The molecular weight excluding hydrogens is 338 g/mol. The van der Waals surface area contributed by atoms with Gasteiger partial charge in [-0.25, -0.2) is 0 Å². The molecule has 1 atom stereocenters. The molecule has 0 spiro atoms. The largest absolute Gasteiger partial charge is 0.485 e. The molecule has 2 aliphatic rings. The Morgan fingerprint density at radius 3 is 2.41 bits per heavy atom. The predicted octanol–water partition coefficient (Wildman–Crippen LogP) is 4.33. The third kappa shape index (κ3) is 4.45. The fourth-order valence-corrected chi connectivity index (χ4v) is 4.22. The number of hydrogen-bond donors (Lipinski definition) is 1. The molecule has 0 aromatic heterocycles. The molecule has 0 saturated heterocycles. The summed E-state index contributed by atoms with van der Waals surface area (Å²) >= 11 is 0. The van der Waals surface area contributed by atoms with Crippen LogP contribution in [0.3, 0.4) is 0 Å². The van der Waals surface area contributed by atoms with Crippen molar-refractivity contribution < 1.29 is 14.6 Å². The van der Waals surface area contributed by atoms with Crippen molar-refractivity contribution in [2.45, 2.75) is 50.8 Å². The maximum absolute atomic E-state index is 9.47. The Balaban J connectivity index is 1.41. The molecule has 4 heteroatoms. The highest BCUT2D eigenvalue weighted by molar-refractivity contribution is 5.41. The Morgan fingerprint density at radius 2 is 1.67 bits per heavy atom. The van der Waals surface area contributed by atoms with E-state index in [0.29, 0.717) is 12.6 Å². The molecule has 1 unspecified atom stereocenters. The summed E-state index contributed by atoms with van der Waals surface area (Å²) < 4.78 is 11.9. The van der Waals surface area contributed by atoms with Gasteiger partial charge in [-0.15, -0.1) is 0 Å². The van der Waals surface area contributed by atoms with Crippen molar-refractivity contribution in [3.05, 3.63) is 59.7 Å². The Labute approximate surface area is 161 Å². The van der Waals surface area contributed by atoms with Crippen LogP contribution in [0.25, 0.3) is 0 Å². The van der Waals surface area contributed by atoms with Crippen molar-refractivity contribution in [1.82, 2.24) is 4.90 Å². The lowest BCUT2D eigenvalue weighted by molar-refractivity contribution is 0.0912. The van der Waals surface area contributed by atoms with Gasteiger partial charge in [0.1, 0.15) is 6.61 Å². The minimum atomic E-state index is -0.0687. The Kier molecular flexibility index (Phi) is 5.95. The Bertz CT molecular complexity index is 725. The van der Waals surface area contributed by atoms with Crippen molar-refractivity contribution in [3.63, 3.8) is 0 Å². The zero-order valence-electron chi connectivity index (χ0n) is 15.8. The van der Waals surface area contributed by atoms with Gasteiger partial charge >= 0.3 is 0 Å². The molecule has 4 nitrogen and oxygen atoms in total. The van der Waals surface area contributed by atoms with E-state index in [9.17, 15) is 5.11 Å². The van der Waals surface area contributed by atoms with Crippen LogP contribution < -0.4 is 9.47 Å². The van der Waals surface area contributed by atoms with Crippen LogP contribution in [0.1, 0.15) is 49.3 Å². The van der Waals surface area contributed by atoms with Gasteiger partial charge in [-0.05, 0) is 36.1 Å². The van der Waals surface area contributed by atoms with Crippen molar-refractivity contribution in [2.24, 2.45) is 0 Å². The summed E-state index contributed by atoms with van der Waals surface area (Å²) in [4.78, 5) is 2.45. The molecule has 0 bridgehead atoms. The molecule has 1 aliphatic heterocycles. The van der Waals surface area contributed by atoms with Gasteiger partial charge in [0.25, 0.3) is 0 Å². The minimum absolute atomic E-state index is 0.0687. The van der Waals surface area contributed by atoms with E-state index in [1.165, 1.54) is 37.7 Å². The molecule has 2 aromatic carbocycles. The van der Waals surface area contributed by atoms with Crippen molar-refractivity contribution in [3.8, 4) is 11.5 Å². The fourth-order valence-electron chi connectivity index (χ4n) is 4.22. The van der Waals surface area contributed by atoms with Gasteiger partial charge in [-0.1, -0.05) is 55.7 Å². The summed E-state index contributed by atoms with van der Waals surface area (Å²) in [6, 6.07) is 17.1. The molecular formula is C23H29NO3. The van der Waals surface area contributed by atoms with E-state index in [-0.39, 0.29) is 12.7 Å². The number of hydrogen-bond acceptors (Lipinski definition) is 4. The van der Waals surface area contributed by atoms with E-state index in [4.69, 9.17) is 9.47 Å². The van der Waals surface area contributed by atoms with E-state index in [1.54, 1.807) is 0 Å². The molecule has 0 radical (unpaired) electrons. The molecule has 1 heterocycles. The average molecular weight is 367 g/mol. The highest BCUT2D eigenvalue weighted by atomic mass is 16.6. The SMILES string of the molecule is OCCN(Cc1ccc(C2COc3ccccc3O2)cc1)C1CCCCC1. The second-order valence-electron chi connectivity index (χ2n) is 7.59.